The summed E-state index contributed by atoms with van der Waals surface area (Å²) in [6.45, 7) is 4.89. The van der Waals surface area contributed by atoms with Crippen LogP contribution in [0.2, 0.25) is 0 Å². The van der Waals surface area contributed by atoms with E-state index in [0.29, 0.717) is 12.8 Å². The Balaban J connectivity index is 2.16. The van der Waals surface area contributed by atoms with Crippen LogP contribution in [0.3, 0.4) is 0 Å². The molecule has 10 heteroatoms. The highest BCUT2D eigenvalue weighted by molar-refractivity contribution is 7.89. The Labute approximate surface area is 182 Å². The molecule has 2 rings (SSSR count). The smallest absolute Gasteiger partial charge is 0.338 e. The largest absolute Gasteiger partial charge is 0.449 e. The lowest BCUT2D eigenvalue weighted by Gasteiger charge is -2.32. The third kappa shape index (κ3) is 5.60. The first-order valence-electron chi connectivity index (χ1n) is 10.3. The number of hydrogen-bond acceptors (Lipinski definition) is 6. The van der Waals surface area contributed by atoms with Gasteiger partial charge in [0.2, 0.25) is 10.0 Å². The monoisotopic (exact) mass is 453 g/mol. The van der Waals surface area contributed by atoms with Crippen molar-refractivity contribution in [1.29, 1.82) is 5.26 Å². The third-order valence-electron chi connectivity index (χ3n) is 5.43. The molecular weight excluding hydrogens is 425 g/mol. The summed E-state index contributed by atoms with van der Waals surface area (Å²) in [7, 11) is -4.13. The van der Waals surface area contributed by atoms with E-state index in [1.807, 2.05) is 0 Å². The highest BCUT2D eigenvalue weighted by Gasteiger charge is 2.35. The lowest BCUT2D eigenvalue weighted by Crippen LogP contribution is -2.52. The zero-order valence-corrected chi connectivity index (χ0v) is 18.8. The van der Waals surface area contributed by atoms with Crippen LogP contribution in [-0.2, 0) is 19.6 Å². The van der Waals surface area contributed by atoms with Gasteiger partial charge in [-0.05, 0) is 38.0 Å². The van der Waals surface area contributed by atoms with Gasteiger partial charge in [0.05, 0.1) is 11.6 Å². The molecule has 0 saturated heterocycles. The van der Waals surface area contributed by atoms with Gasteiger partial charge in [-0.1, -0.05) is 33.1 Å². The number of rotatable bonds is 8. The predicted molar refractivity (Wildman–Crippen MR) is 111 cm³/mol. The van der Waals surface area contributed by atoms with Crippen LogP contribution in [0.15, 0.2) is 23.1 Å². The third-order valence-corrected chi connectivity index (χ3v) is 7.49. The number of esters is 1. The zero-order valence-electron chi connectivity index (χ0n) is 18.0. The fraction of sp³-hybridized carbons (Fsp3) is 0.571. The maximum Gasteiger partial charge on any atom is 0.338 e. The Morgan fingerprint density at radius 1 is 1.26 bits per heavy atom. The lowest BCUT2D eigenvalue weighted by molar-refractivity contribution is -0.130. The average molecular weight is 454 g/mol. The van der Waals surface area contributed by atoms with Crippen molar-refractivity contribution < 1.29 is 27.1 Å². The second-order valence-corrected chi connectivity index (χ2v) is 9.43. The van der Waals surface area contributed by atoms with Gasteiger partial charge >= 0.3 is 5.97 Å². The van der Waals surface area contributed by atoms with Crippen molar-refractivity contribution in [2.75, 3.05) is 13.1 Å². The van der Waals surface area contributed by atoms with E-state index in [0.717, 1.165) is 41.8 Å². The molecule has 1 unspecified atom stereocenters. The molecule has 1 aliphatic carbocycles. The summed E-state index contributed by atoms with van der Waals surface area (Å²) in [5.74, 6) is -2.56. The minimum Gasteiger partial charge on any atom is -0.449 e. The minimum absolute atomic E-state index is 0.144. The van der Waals surface area contributed by atoms with E-state index in [2.05, 4.69) is 11.4 Å². The summed E-state index contributed by atoms with van der Waals surface area (Å²) in [5, 5.41) is 12.2. The van der Waals surface area contributed by atoms with Gasteiger partial charge in [-0.25, -0.2) is 17.6 Å². The number of hydrogen-bond donors (Lipinski definition) is 1. The Kier molecular flexibility index (Phi) is 8.14. The number of ether oxygens (including phenoxy) is 1. The zero-order chi connectivity index (χ0) is 23.2. The van der Waals surface area contributed by atoms with Crippen LogP contribution >= 0.6 is 0 Å². The summed E-state index contributed by atoms with van der Waals surface area (Å²) in [4.78, 5) is 24.4. The van der Waals surface area contributed by atoms with Gasteiger partial charge in [-0.2, -0.15) is 9.57 Å². The van der Waals surface area contributed by atoms with E-state index in [1.165, 1.54) is 6.92 Å². The molecule has 1 aromatic carbocycles. The van der Waals surface area contributed by atoms with Gasteiger partial charge in [0, 0.05) is 13.1 Å². The summed E-state index contributed by atoms with van der Waals surface area (Å²) in [6, 6.07) is 5.04. The van der Waals surface area contributed by atoms with Crippen LogP contribution in [0.5, 0.6) is 0 Å². The molecule has 8 nitrogen and oxygen atoms in total. The van der Waals surface area contributed by atoms with Crippen LogP contribution in [0.1, 0.15) is 63.2 Å². The summed E-state index contributed by atoms with van der Waals surface area (Å²) in [6.07, 6.45) is 2.48. The van der Waals surface area contributed by atoms with E-state index < -0.39 is 44.3 Å². The average Bonchev–Trinajstić information content (AvgIpc) is 2.75. The maximum atomic E-state index is 14.2. The van der Waals surface area contributed by atoms with Gasteiger partial charge in [-0.3, -0.25) is 4.79 Å². The predicted octanol–water partition coefficient (Wildman–Crippen LogP) is 2.74. The number of nitriles is 1. The van der Waals surface area contributed by atoms with Crippen LogP contribution in [0.25, 0.3) is 0 Å². The minimum atomic E-state index is -4.13. The van der Waals surface area contributed by atoms with Gasteiger partial charge in [0.1, 0.15) is 16.3 Å². The van der Waals surface area contributed by atoms with Gasteiger partial charge < -0.3 is 10.1 Å². The van der Waals surface area contributed by atoms with Crippen LogP contribution < -0.4 is 5.32 Å². The van der Waals surface area contributed by atoms with E-state index in [4.69, 9.17) is 4.74 Å². The molecule has 1 amide bonds. The van der Waals surface area contributed by atoms with Gasteiger partial charge in [-0.15, -0.1) is 0 Å². The number of benzene rings is 1. The van der Waals surface area contributed by atoms with E-state index in [1.54, 1.807) is 13.8 Å². The van der Waals surface area contributed by atoms with Crippen LogP contribution in [0.4, 0.5) is 4.39 Å². The molecule has 1 saturated carbocycles. The van der Waals surface area contributed by atoms with Crippen molar-refractivity contribution in [2.24, 2.45) is 0 Å². The number of halogens is 1. The molecule has 0 spiro atoms. The van der Waals surface area contributed by atoms with Gasteiger partial charge in [0.15, 0.2) is 6.10 Å². The van der Waals surface area contributed by atoms with Crippen LogP contribution in [-0.4, -0.2) is 49.3 Å². The van der Waals surface area contributed by atoms with E-state index >= 15 is 0 Å². The van der Waals surface area contributed by atoms with Crippen molar-refractivity contribution in [3.63, 3.8) is 0 Å². The molecule has 0 aromatic heterocycles. The van der Waals surface area contributed by atoms with Crippen molar-refractivity contribution >= 4 is 21.9 Å². The molecular formula is C21H28FN3O5S. The number of carbonyl (C=O) groups is 2. The number of carbonyl (C=O) groups excluding carboxylic acids is 2. The SMILES string of the molecule is CCN(CC)S(=O)(=O)c1cc(C(=O)OC(C)C(=O)NC2(C#N)CCCCC2)ccc1F. The fourth-order valence-electron chi connectivity index (χ4n) is 3.57. The van der Waals surface area contributed by atoms with Crippen LogP contribution in [0, 0.1) is 17.1 Å². The molecule has 0 bridgehead atoms. The standard InChI is InChI=1S/C21H28FN3O5S/c1-4-25(5-2)31(28,29)18-13-16(9-10-17(18)22)20(27)30-15(3)19(26)24-21(14-23)11-7-6-8-12-21/h9-10,13,15H,4-8,11-12H2,1-3H3,(H,24,26). The number of nitrogens with zero attached hydrogens (tertiary/aromatic N) is 2. The quantitative estimate of drug-likeness (QED) is 0.605. The van der Waals surface area contributed by atoms with E-state index in [9.17, 15) is 27.7 Å². The molecule has 1 atom stereocenters. The molecule has 1 aliphatic rings. The molecule has 1 fully saturated rings. The normalized spacial score (nSPS) is 16.9. The highest BCUT2D eigenvalue weighted by atomic mass is 32.2. The second-order valence-electron chi connectivity index (χ2n) is 7.53. The molecule has 31 heavy (non-hydrogen) atoms. The van der Waals surface area contributed by atoms with Crippen molar-refractivity contribution in [3.05, 3.63) is 29.6 Å². The van der Waals surface area contributed by atoms with Crippen molar-refractivity contribution in [2.45, 2.75) is 69.4 Å². The second kappa shape index (κ2) is 10.2. The first kappa shape index (κ1) is 24.8. The first-order chi connectivity index (χ1) is 14.6. The van der Waals surface area contributed by atoms with Gasteiger partial charge in [0.25, 0.3) is 5.91 Å². The highest BCUT2D eigenvalue weighted by Crippen LogP contribution is 2.28. The number of nitrogens with one attached hydrogen (secondary N) is 1. The lowest BCUT2D eigenvalue weighted by atomic mass is 9.83. The fourth-order valence-corrected chi connectivity index (χ4v) is 5.12. The summed E-state index contributed by atoms with van der Waals surface area (Å²) >= 11 is 0. The topological polar surface area (TPSA) is 117 Å². The molecule has 0 aliphatic heterocycles. The Morgan fingerprint density at radius 3 is 2.42 bits per heavy atom. The Bertz CT molecular complexity index is 964. The first-order valence-corrected chi connectivity index (χ1v) is 11.8. The molecule has 1 N–H and O–H groups in total. The van der Waals surface area contributed by atoms with E-state index in [-0.39, 0.29) is 18.7 Å². The Morgan fingerprint density at radius 2 is 1.87 bits per heavy atom. The molecule has 1 aromatic rings. The summed E-state index contributed by atoms with van der Waals surface area (Å²) < 4.78 is 45.8. The molecule has 170 valence electrons. The molecule has 0 heterocycles. The molecule has 0 radical (unpaired) electrons. The van der Waals surface area contributed by atoms with Crippen molar-refractivity contribution in [1.82, 2.24) is 9.62 Å². The number of amides is 1. The maximum absolute atomic E-state index is 14.2. The summed E-state index contributed by atoms with van der Waals surface area (Å²) in [5.41, 5.74) is -1.17. The number of sulfonamides is 1. The van der Waals surface area contributed by atoms with Crippen molar-refractivity contribution in [3.8, 4) is 6.07 Å². The Hall–Kier alpha value is -2.51.